The minimum atomic E-state index is 0.561. The molecule has 15 heavy (non-hydrogen) atoms. The third-order valence-electron chi connectivity index (χ3n) is 3.08. The molecule has 0 aromatic heterocycles. The van der Waals surface area contributed by atoms with Crippen LogP contribution in [0.25, 0.3) is 0 Å². The van der Waals surface area contributed by atoms with Crippen LogP contribution in [0.4, 0.5) is 0 Å². The summed E-state index contributed by atoms with van der Waals surface area (Å²) >= 11 is 0. The Morgan fingerprint density at radius 2 is 1.87 bits per heavy atom. The number of nitrogens with one attached hydrogen (secondary N) is 1. The van der Waals surface area contributed by atoms with Crippen molar-refractivity contribution in [3.63, 3.8) is 0 Å². The van der Waals surface area contributed by atoms with Gasteiger partial charge >= 0.3 is 0 Å². The van der Waals surface area contributed by atoms with E-state index in [1.807, 2.05) is 0 Å². The van der Waals surface area contributed by atoms with Gasteiger partial charge in [0, 0.05) is 6.54 Å². The van der Waals surface area contributed by atoms with Crippen LogP contribution in [0.15, 0.2) is 0 Å². The molecule has 0 saturated heterocycles. The first-order valence-electron chi connectivity index (χ1n) is 6.61. The van der Waals surface area contributed by atoms with Crippen molar-refractivity contribution in [1.82, 2.24) is 5.32 Å². The summed E-state index contributed by atoms with van der Waals surface area (Å²) in [5, 5.41) is 3.43. The Labute approximate surface area is 94.8 Å². The highest BCUT2D eigenvalue weighted by molar-refractivity contribution is 4.65. The van der Waals surface area contributed by atoms with Crippen molar-refractivity contribution in [2.45, 2.75) is 58.5 Å². The van der Waals surface area contributed by atoms with E-state index in [9.17, 15) is 0 Å². The Bertz CT molecular complexity index is 141. The van der Waals surface area contributed by atoms with Gasteiger partial charge in [0.1, 0.15) is 0 Å². The molecule has 1 aliphatic rings. The summed E-state index contributed by atoms with van der Waals surface area (Å²) in [6, 6.07) is 0. The third kappa shape index (κ3) is 6.91. The molecule has 0 heterocycles. The fraction of sp³-hybridized carbons (Fsp3) is 1.00. The summed E-state index contributed by atoms with van der Waals surface area (Å²) in [6.45, 7) is 7.57. The first-order chi connectivity index (χ1) is 7.29. The Kier molecular flexibility index (Phi) is 7.03. The van der Waals surface area contributed by atoms with Gasteiger partial charge in [0.2, 0.25) is 0 Å². The summed E-state index contributed by atoms with van der Waals surface area (Å²) in [6.07, 6.45) is 8.54. The van der Waals surface area contributed by atoms with Gasteiger partial charge in [0.05, 0.1) is 12.7 Å². The van der Waals surface area contributed by atoms with E-state index in [2.05, 4.69) is 19.2 Å². The number of ether oxygens (including phenoxy) is 1. The van der Waals surface area contributed by atoms with E-state index >= 15 is 0 Å². The summed E-state index contributed by atoms with van der Waals surface area (Å²) in [5.74, 6) is 0.803. The van der Waals surface area contributed by atoms with Gasteiger partial charge in [-0.2, -0.15) is 0 Å². The standard InChI is InChI=1S/C13H27NO/c1-12(2)8-9-14-10-11-15-13-6-4-3-5-7-13/h12-14H,3-11H2,1-2H3. The number of rotatable bonds is 7. The van der Waals surface area contributed by atoms with E-state index in [0.29, 0.717) is 6.10 Å². The Hall–Kier alpha value is -0.0800. The van der Waals surface area contributed by atoms with Crippen molar-refractivity contribution in [2.75, 3.05) is 19.7 Å². The van der Waals surface area contributed by atoms with Gasteiger partial charge in [-0.1, -0.05) is 33.1 Å². The van der Waals surface area contributed by atoms with Crippen LogP contribution in [0.3, 0.4) is 0 Å². The van der Waals surface area contributed by atoms with E-state index in [0.717, 1.165) is 25.6 Å². The maximum atomic E-state index is 5.83. The topological polar surface area (TPSA) is 21.3 Å². The first-order valence-corrected chi connectivity index (χ1v) is 6.61. The summed E-state index contributed by atoms with van der Waals surface area (Å²) in [7, 11) is 0. The largest absolute Gasteiger partial charge is 0.377 e. The van der Waals surface area contributed by atoms with Gasteiger partial charge in [0.15, 0.2) is 0 Å². The monoisotopic (exact) mass is 213 g/mol. The van der Waals surface area contributed by atoms with Crippen LogP contribution in [0.5, 0.6) is 0 Å². The van der Waals surface area contributed by atoms with Crippen LogP contribution in [0.1, 0.15) is 52.4 Å². The molecule has 1 rings (SSSR count). The minimum absolute atomic E-state index is 0.561. The molecule has 0 spiro atoms. The quantitative estimate of drug-likeness (QED) is 0.656. The minimum Gasteiger partial charge on any atom is -0.377 e. The van der Waals surface area contributed by atoms with Crippen LogP contribution in [-0.4, -0.2) is 25.8 Å². The van der Waals surface area contributed by atoms with Gasteiger partial charge < -0.3 is 10.1 Å². The lowest BCUT2D eigenvalue weighted by atomic mass is 9.98. The molecule has 1 saturated carbocycles. The predicted molar refractivity (Wildman–Crippen MR) is 65.1 cm³/mol. The van der Waals surface area contributed by atoms with Crippen LogP contribution in [-0.2, 0) is 4.74 Å². The smallest absolute Gasteiger partial charge is 0.0594 e. The van der Waals surface area contributed by atoms with Crippen molar-refractivity contribution in [3.05, 3.63) is 0 Å². The molecule has 0 aromatic carbocycles. The SMILES string of the molecule is CC(C)CCNCCOC1CCCCC1. The van der Waals surface area contributed by atoms with Crippen molar-refractivity contribution < 1.29 is 4.74 Å². The first kappa shape index (κ1) is 13.0. The Balaban J connectivity index is 1.83. The van der Waals surface area contributed by atoms with E-state index < -0.39 is 0 Å². The molecular formula is C13H27NO. The average Bonchev–Trinajstić information content (AvgIpc) is 2.24. The van der Waals surface area contributed by atoms with Crippen molar-refractivity contribution in [1.29, 1.82) is 0 Å². The molecular weight excluding hydrogens is 186 g/mol. The summed E-state index contributed by atoms with van der Waals surface area (Å²) in [5.41, 5.74) is 0. The molecule has 1 N–H and O–H groups in total. The van der Waals surface area contributed by atoms with Crippen molar-refractivity contribution in [2.24, 2.45) is 5.92 Å². The van der Waals surface area contributed by atoms with Crippen molar-refractivity contribution >= 4 is 0 Å². The Morgan fingerprint density at radius 1 is 1.13 bits per heavy atom. The zero-order valence-electron chi connectivity index (χ0n) is 10.4. The van der Waals surface area contributed by atoms with Gasteiger partial charge in [-0.05, 0) is 31.7 Å². The maximum absolute atomic E-state index is 5.83. The molecule has 0 amide bonds. The van der Waals surface area contributed by atoms with Crippen molar-refractivity contribution in [3.8, 4) is 0 Å². The zero-order valence-corrected chi connectivity index (χ0v) is 10.4. The highest BCUT2D eigenvalue weighted by Crippen LogP contribution is 2.19. The zero-order chi connectivity index (χ0) is 10.9. The fourth-order valence-electron chi connectivity index (χ4n) is 2.05. The Morgan fingerprint density at radius 3 is 2.53 bits per heavy atom. The number of hydrogen-bond donors (Lipinski definition) is 1. The normalized spacial score (nSPS) is 18.6. The van der Waals surface area contributed by atoms with Gasteiger partial charge in [-0.15, -0.1) is 0 Å². The lowest BCUT2D eigenvalue weighted by Crippen LogP contribution is -2.25. The highest BCUT2D eigenvalue weighted by atomic mass is 16.5. The lowest BCUT2D eigenvalue weighted by Gasteiger charge is -2.22. The fourth-order valence-corrected chi connectivity index (χ4v) is 2.05. The second-order valence-corrected chi connectivity index (χ2v) is 5.06. The van der Waals surface area contributed by atoms with Gasteiger partial charge in [-0.3, -0.25) is 0 Å². The van der Waals surface area contributed by atoms with Crippen LogP contribution in [0, 0.1) is 5.92 Å². The molecule has 0 bridgehead atoms. The summed E-state index contributed by atoms with van der Waals surface area (Å²) < 4.78 is 5.83. The van der Waals surface area contributed by atoms with Gasteiger partial charge in [0.25, 0.3) is 0 Å². The predicted octanol–water partition coefficient (Wildman–Crippen LogP) is 2.97. The van der Waals surface area contributed by atoms with Crippen LogP contribution < -0.4 is 5.32 Å². The molecule has 1 fully saturated rings. The highest BCUT2D eigenvalue weighted by Gasteiger charge is 2.12. The van der Waals surface area contributed by atoms with E-state index in [4.69, 9.17) is 4.74 Å². The van der Waals surface area contributed by atoms with Crippen LogP contribution in [0.2, 0.25) is 0 Å². The number of hydrogen-bond acceptors (Lipinski definition) is 2. The molecule has 0 radical (unpaired) electrons. The third-order valence-corrected chi connectivity index (χ3v) is 3.08. The lowest BCUT2D eigenvalue weighted by molar-refractivity contribution is 0.0303. The molecule has 2 heteroatoms. The molecule has 0 aliphatic heterocycles. The second-order valence-electron chi connectivity index (χ2n) is 5.06. The molecule has 1 aliphatic carbocycles. The van der Waals surface area contributed by atoms with Crippen LogP contribution >= 0.6 is 0 Å². The average molecular weight is 213 g/mol. The second kappa shape index (κ2) is 8.12. The molecule has 0 atom stereocenters. The summed E-state index contributed by atoms with van der Waals surface area (Å²) in [4.78, 5) is 0. The van der Waals surface area contributed by atoms with E-state index in [1.165, 1.54) is 38.5 Å². The van der Waals surface area contributed by atoms with Gasteiger partial charge in [-0.25, -0.2) is 0 Å². The molecule has 90 valence electrons. The van der Waals surface area contributed by atoms with E-state index in [-0.39, 0.29) is 0 Å². The maximum Gasteiger partial charge on any atom is 0.0594 e. The molecule has 0 unspecified atom stereocenters. The molecule has 0 aromatic rings. The van der Waals surface area contributed by atoms with E-state index in [1.54, 1.807) is 0 Å². The molecule has 2 nitrogen and oxygen atoms in total.